The molecule has 1 aliphatic heterocycles. The molecule has 0 atom stereocenters. The first-order valence-electron chi connectivity index (χ1n) is 6.95. The number of nitrogens with zero attached hydrogens (tertiary/aromatic N) is 5. The van der Waals surface area contributed by atoms with Gasteiger partial charge in [-0.05, 0) is 41.3 Å². The van der Waals surface area contributed by atoms with Crippen molar-refractivity contribution in [3.63, 3.8) is 0 Å². The van der Waals surface area contributed by atoms with Crippen LogP contribution in [-0.4, -0.2) is 33.5 Å². The second-order valence-corrected chi connectivity index (χ2v) is 6.51. The van der Waals surface area contributed by atoms with E-state index < -0.39 is 0 Å². The third kappa shape index (κ3) is 5.33. The van der Waals surface area contributed by atoms with E-state index in [1.165, 1.54) is 19.3 Å². The van der Waals surface area contributed by atoms with Crippen molar-refractivity contribution in [3.05, 3.63) is 26.9 Å². The SMILES string of the molecule is Nc1nnc(Cl)cc1Br.Nc1nnc(Cl)cc1N1CCCCC1. The third-order valence-electron chi connectivity index (χ3n) is 3.21. The third-order valence-corrected chi connectivity index (χ3v) is 4.22. The summed E-state index contributed by atoms with van der Waals surface area (Å²) in [4.78, 5) is 2.22. The molecule has 23 heavy (non-hydrogen) atoms. The molecule has 1 fully saturated rings. The number of aromatic nitrogens is 4. The maximum atomic E-state index is 5.78. The van der Waals surface area contributed by atoms with E-state index in [1.54, 1.807) is 12.1 Å². The van der Waals surface area contributed by atoms with Crippen LogP contribution in [0.25, 0.3) is 0 Å². The normalized spacial score (nSPS) is 14.1. The number of nitrogen functional groups attached to an aromatic ring is 2. The van der Waals surface area contributed by atoms with Gasteiger partial charge in [-0.3, -0.25) is 0 Å². The van der Waals surface area contributed by atoms with E-state index in [2.05, 4.69) is 41.2 Å². The van der Waals surface area contributed by atoms with Crippen LogP contribution in [0.15, 0.2) is 16.6 Å². The van der Waals surface area contributed by atoms with E-state index in [1.807, 2.05) is 0 Å². The van der Waals surface area contributed by atoms with E-state index >= 15 is 0 Å². The van der Waals surface area contributed by atoms with Crippen LogP contribution < -0.4 is 16.4 Å². The minimum absolute atomic E-state index is 0.330. The molecule has 3 heterocycles. The lowest BCUT2D eigenvalue weighted by Gasteiger charge is -2.29. The number of rotatable bonds is 1. The lowest BCUT2D eigenvalue weighted by molar-refractivity contribution is 0.577. The van der Waals surface area contributed by atoms with Crippen molar-refractivity contribution in [2.45, 2.75) is 19.3 Å². The maximum absolute atomic E-state index is 5.78. The Morgan fingerprint density at radius 1 is 0.870 bits per heavy atom. The maximum Gasteiger partial charge on any atom is 0.169 e. The fraction of sp³-hybridized carbons (Fsp3) is 0.385. The van der Waals surface area contributed by atoms with Crippen LogP contribution >= 0.6 is 39.1 Å². The second-order valence-electron chi connectivity index (χ2n) is 4.89. The van der Waals surface area contributed by atoms with Gasteiger partial charge in [0.15, 0.2) is 21.9 Å². The number of nitrogens with two attached hydrogens (primary N) is 2. The minimum atomic E-state index is 0.330. The van der Waals surface area contributed by atoms with E-state index in [0.29, 0.717) is 26.4 Å². The summed E-state index contributed by atoms with van der Waals surface area (Å²) in [6.07, 6.45) is 3.71. The molecule has 0 amide bonds. The Balaban J connectivity index is 0.000000185. The van der Waals surface area contributed by atoms with Crippen LogP contribution in [0, 0.1) is 0 Å². The molecule has 7 nitrogen and oxygen atoms in total. The number of anilines is 3. The number of piperidine rings is 1. The first-order valence-corrected chi connectivity index (χ1v) is 8.50. The molecular formula is C13H16BrCl2N7. The van der Waals surface area contributed by atoms with Gasteiger partial charge >= 0.3 is 0 Å². The van der Waals surface area contributed by atoms with Gasteiger partial charge in [0.05, 0.1) is 10.2 Å². The van der Waals surface area contributed by atoms with Gasteiger partial charge in [0, 0.05) is 19.2 Å². The summed E-state index contributed by atoms with van der Waals surface area (Å²) in [5.41, 5.74) is 12.0. The van der Waals surface area contributed by atoms with Crippen LogP contribution in [0.1, 0.15) is 19.3 Å². The Labute approximate surface area is 152 Å². The summed E-state index contributed by atoms with van der Waals surface area (Å²) in [5.74, 6) is 0.815. The molecule has 3 rings (SSSR count). The van der Waals surface area contributed by atoms with Gasteiger partial charge in [-0.15, -0.1) is 20.4 Å². The molecule has 0 radical (unpaired) electrons. The highest BCUT2D eigenvalue weighted by Gasteiger charge is 2.14. The molecule has 0 aromatic carbocycles. The first-order chi connectivity index (χ1) is 11.0. The molecule has 1 saturated heterocycles. The number of hydrogen-bond donors (Lipinski definition) is 2. The Morgan fingerprint density at radius 3 is 2.00 bits per heavy atom. The lowest BCUT2D eigenvalue weighted by Crippen LogP contribution is -2.30. The fourth-order valence-corrected chi connectivity index (χ4v) is 2.83. The minimum Gasteiger partial charge on any atom is -0.381 e. The highest BCUT2D eigenvalue weighted by Crippen LogP contribution is 2.25. The molecule has 124 valence electrons. The smallest absolute Gasteiger partial charge is 0.169 e. The average molecular weight is 421 g/mol. The summed E-state index contributed by atoms with van der Waals surface area (Å²) in [6.45, 7) is 2.07. The molecular weight excluding hydrogens is 405 g/mol. The van der Waals surface area contributed by atoms with E-state index in [-0.39, 0.29) is 0 Å². The van der Waals surface area contributed by atoms with Gasteiger partial charge in [0.25, 0.3) is 0 Å². The molecule has 2 aromatic rings. The highest BCUT2D eigenvalue weighted by atomic mass is 79.9. The predicted octanol–water partition coefficient (Wildman–Crippen LogP) is 3.18. The van der Waals surface area contributed by atoms with E-state index in [4.69, 9.17) is 34.7 Å². The summed E-state index contributed by atoms with van der Waals surface area (Å²) in [7, 11) is 0. The van der Waals surface area contributed by atoms with Crippen molar-refractivity contribution in [2.75, 3.05) is 29.5 Å². The van der Waals surface area contributed by atoms with E-state index in [9.17, 15) is 0 Å². The molecule has 0 saturated carbocycles. The predicted molar refractivity (Wildman–Crippen MR) is 96.7 cm³/mol. The Morgan fingerprint density at radius 2 is 1.43 bits per heavy atom. The number of hydrogen-bond acceptors (Lipinski definition) is 7. The zero-order valence-electron chi connectivity index (χ0n) is 12.2. The van der Waals surface area contributed by atoms with Crippen molar-refractivity contribution < 1.29 is 0 Å². The summed E-state index contributed by atoms with van der Waals surface area (Å²) in [6, 6.07) is 3.37. The van der Waals surface area contributed by atoms with E-state index in [0.717, 1.165) is 18.8 Å². The van der Waals surface area contributed by atoms with Gasteiger partial charge < -0.3 is 16.4 Å². The molecule has 1 aliphatic rings. The molecule has 0 unspecified atom stereocenters. The Kier molecular flexibility index (Phi) is 6.61. The van der Waals surface area contributed by atoms with Gasteiger partial charge in [-0.2, -0.15) is 0 Å². The topological polar surface area (TPSA) is 107 Å². The molecule has 0 aliphatic carbocycles. The molecule has 2 aromatic heterocycles. The molecule has 0 spiro atoms. The van der Waals surface area contributed by atoms with Crippen LogP contribution in [0.4, 0.5) is 17.3 Å². The van der Waals surface area contributed by atoms with Crippen LogP contribution in [0.2, 0.25) is 10.3 Å². The molecule has 4 N–H and O–H groups in total. The van der Waals surface area contributed by atoms with Gasteiger partial charge in [-0.25, -0.2) is 0 Å². The van der Waals surface area contributed by atoms with Crippen LogP contribution in [0.5, 0.6) is 0 Å². The standard InChI is InChI=1S/C9H13ClN4.C4H3BrClN3/c10-8-6-7(9(11)13-12-8)14-4-2-1-3-5-14;5-2-1-3(6)8-9-4(2)7/h6H,1-5H2,(H2,11,13);1H,(H2,7,9). The second kappa shape index (κ2) is 8.47. The summed E-state index contributed by atoms with van der Waals surface area (Å²) in [5, 5.41) is 15.3. The van der Waals surface area contributed by atoms with Crippen molar-refractivity contribution in [2.24, 2.45) is 0 Å². The van der Waals surface area contributed by atoms with Gasteiger partial charge in [0.1, 0.15) is 0 Å². The Hall–Kier alpha value is -1.38. The van der Waals surface area contributed by atoms with Crippen LogP contribution in [-0.2, 0) is 0 Å². The van der Waals surface area contributed by atoms with Crippen molar-refractivity contribution in [1.82, 2.24) is 20.4 Å². The zero-order chi connectivity index (χ0) is 16.8. The summed E-state index contributed by atoms with van der Waals surface area (Å²) >= 11 is 14.4. The Bertz CT molecular complexity index is 665. The fourth-order valence-electron chi connectivity index (χ4n) is 2.11. The van der Waals surface area contributed by atoms with Crippen molar-refractivity contribution >= 4 is 56.5 Å². The van der Waals surface area contributed by atoms with Gasteiger partial charge in [0.2, 0.25) is 0 Å². The van der Waals surface area contributed by atoms with Crippen molar-refractivity contribution in [1.29, 1.82) is 0 Å². The summed E-state index contributed by atoms with van der Waals surface area (Å²) < 4.78 is 0.669. The number of halogens is 3. The monoisotopic (exact) mass is 419 g/mol. The largest absolute Gasteiger partial charge is 0.381 e. The average Bonchev–Trinajstić information content (AvgIpc) is 2.55. The molecule has 0 bridgehead atoms. The lowest BCUT2D eigenvalue weighted by atomic mass is 10.1. The van der Waals surface area contributed by atoms with Crippen molar-refractivity contribution in [3.8, 4) is 0 Å². The van der Waals surface area contributed by atoms with Gasteiger partial charge in [-0.1, -0.05) is 23.2 Å². The quantitative estimate of drug-likeness (QED) is 0.729. The van der Waals surface area contributed by atoms with Crippen LogP contribution in [0.3, 0.4) is 0 Å². The highest BCUT2D eigenvalue weighted by molar-refractivity contribution is 9.10. The molecule has 10 heteroatoms. The first kappa shape index (κ1) is 18.0. The zero-order valence-corrected chi connectivity index (χ0v) is 15.3.